The van der Waals surface area contributed by atoms with Crippen LogP contribution in [0.5, 0.6) is 0 Å². The van der Waals surface area contributed by atoms with Gasteiger partial charge in [0.05, 0.1) is 23.2 Å². The van der Waals surface area contributed by atoms with Gasteiger partial charge in [0.25, 0.3) is 0 Å². The summed E-state index contributed by atoms with van der Waals surface area (Å²) in [6.07, 6.45) is 0.608. The maximum atomic E-state index is 15.7. The van der Waals surface area contributed by atoms with E-state index in [1.54, 1.807) is 12.1 Å². The van der Waals surface area contributed by atoms with E-state index in [1.807, 2.05) is 0 Å². The van der Waals surface area contributed by atoms with E-state index in [1.165, 1.54) is 17.6 Å². The highest BCUT2D eigenvalue weighted by atomic mass is 19.4. The Kier molecular flexibility index (Phi) is 7.78. The Bertz CT molecular complexity index is 1750. The molecule has 0 heterocycles. The fourth-order valence-corrected chi connectivity index (χ4v) is 5.38. The van der Waals surface area contributed by atoms with E-state index in [0.29, 0.717) is 25.0 Å². The van der Waals surface area contributed by atoms with E-state index in [-0.39, 0.29) is 28.9 Å². The summed E-state index contributed by atoms with van der Waals surface area (Å²) in [4.78, 5) is 0. The highest BCUT2D eigenvalue weighted by Gasteiger charge is 2.25. The summed E-state index contributed by atoms with van der Waals surface area (Å²) < 4.78 is 125. The van der Waals surface area contributed by atoms with E-state index in [4.69, 9.17) is 0 Å². The van der Waals surface area contributed by atoms with Crippen LogP contribution in [0, 0.1) is 40.9 Å². The minimum Gasteiger partial charge on any atom is -0.251 e. The van der Waals surface area contributed by atoms with Gasteiger partial charge in [0.15, 0.2) is 5.82 Å². The first-order valence-corrected chi connectivity index (χ1v) is 12.8. The van der Waals surface area contributed by atoms with Gasteiger partial charge in [-0.25, -0.2) is 22.0 Å². The summed E-state index contributed by atoms with van der Waals surface area (Å²) in [6, 6.07) is 8.17. The van der Waals surface area contributed by atoms with Gasteiger partial charge in [-0.1, -0.05) is 35.8 Å². The molecular weight excluding hydrogens is 555 g/mol. The number of fused-ring (bicyclic) bond motifs is 2. The molecule has 1 aliphatic rings. The van der Waals surface area contributed by atoms with Crippen molar-refractivity contribution < 1.29 is 39.5 Å². The molecule has 0 amide bonds. The maximum Gasteiger partial charge on any atom is 0.458 e. The molecule has 0 saturated carbocycles. The zero-order valence-corrected chi connectivity index (χ0v) is 21.3. The number of halogens is 9. The minimum atomic E-state index is -5.03. The third-order valence-corrected chi connectivity index (χ3v) is 7.36. The summed E-state index contributed by atoms with van der Waals surface area (Å²) in [5, 5.41) is -0.976. The van der Waals surface area contributed by atoms with Gasteiger partial charge in [-0.15, -0.1) is 0 Å². The molecule has 0 bridgehead atoms. The largest absolute Gasteiger partial charge is 0.458 e. The van der Waals surface area contributed by atoms with Crippen LogP contribution >= 0.6 is 0 Å². The molecule has 0 radical (unpaired) electrons. The highest BCUT2D eigenvalue weighted by molar-refractivity contribution is 5.93. The fraction of sp³-hybridized carbons (Fsp3) is 0.250. The fourth-order valence-electron chi connectivity index (χ4n) is 5.38. The molecule has 41 heavy (non-hydrogen) atoms. The summed E-state index contributed by atoms with van der Waals surface area (Å²) in [5.41, 5.74) is -0.149. The van der Waals surface area contributed by atoms with Crippen molar-refractivity contribution in [2.75, 3.05) is 6.67 Å². The predicted octanol–water partition coefficient (Wildman–Crippen LogP) is 10.2. The number of hydrogen-bond donors (Lipinski definition) is 0. The van der Waals surface area contributed by atoms with E-state index >= 15 is 13.2 Å². The third kappa shape index (κ3) is 5.79. The average molecular weight is 577 g/mol. The summed E-state index contributed by atoms with van der Waals surface area (Å²) in [6.45, 7) is -0.369. The molecule has 0 spiro atoms. The lowest BCUT2D eigenvalue weighted by molar-refractivity contribution is -0.0696. The van der Waals surface area contributed by atoms with Crippen LogP contribution in [0.2, 0.25) is 0 Å². The monoisotopic (exact) mass is 576 g/mol. The average Bonchev–Trinajstić information content (AvgIpc) is 2.90. The van der Waals surface area contributed by atoms with Crippen molar-refractivity contribution in [1.29, 1.82) is 0 Å². The number of rotatable bonds is 5. The molecule has 5 rings (SSSR count). The van der Waals surface area contributed by atoms with Crippen LogP contribution in [-0.2, 0) is 0 Å². The van der Waals surface area contributed by atoms with Crippen LogP contribution < -0.4 is 0 Å². The maximum absolute atomic E-state index is 15.7. The molecule has 1 unspecified atom stereocenters. The predicted molar refractivity (Wildman–Crippen MR) is 139 cm³/mol. The number of hydrogen-bond acceptors (Lipinski definition) is 0. The normalized spacial score (nSPS) is 15.6. The molecule has 9 heteroatoms. The molecule has 212 valence electrons. The quantitative estimate of drug-likeness (QED) is 0.126. The summed E-state index contributed by atoms with van der Waals surface area (Å²) >= 11 is 0. The Hall–Kier alpha value is -3.93. The SMILES string of the molecule is FCCCC1=CCC(c2ccc3c(F)c(-c4cc(F)c5c(F)c(C#CC(F)(F)F)c(F)cc5c4)c(F)cc3c2)CC1. The van der Waals surface area contributed by atoms with Crippen LogP contribution in [0.1, 0.15) is 49.1 Å². The van der Waals surface area contributed by atoms with Crippen LogP contribution in [0.15, 0.2) is 54.1 Å². The Balaban J connectivity index is 1.53. The second-order valence-corrected chi connectivity index (χ2v) is 10.0. The van der Waals surface area contributed by atoms with Gasteiger partial charge in [0.2, 0.25) is 0 Å². The first-order valence-electron chi connectivity index (χ1n) is 12.8. The molecule has 4 aromatic rings. The standard InChI is InChI=1S/C32H21F9/c33-11-1-2-17-3-5-18(6-4-17)19-7-8-23-20(12-19)14-26(35)28(30(23)37)22-13-21-15-25(34)24(9-10-32(39,40)41)31(38)29(21)27(36)16-22/h3,7-8,12-16,18H,1-2,4-6,11H2. The van der Waals surface area contributed by atoms with Crippen LogP contribution in [0.4, 0.5) is 39.5 Å². The molecule has 0 nitrogen and oxygen atoms in total. The number of allylic oxidation sites excluding steroid dienone is 2. The zero-order chi connectivity index (χ0) is 29.5. The summed E-state index contributed by atoms with van der Waals surface area (Å²) in [7, 11) is 0. The molecule has 1 aliphatic carbocycles. The van der Waals surface area contributed by atoms with Gasteiger partial charge in [0, 0.05) is 11.3 Å². The van der Waals surface area contributed by atoms with Gasteiger partial charge in [0.1, 0.15) is 23.3 Å². The Labute approximate surface area is 229 Å². The molecule has 0 fully saturated rings. The lowest BCUT2D eigenvalue weighted by Gasteiger charge is -2.23. The Morgan fingerprint density at radius 1 is 0.829 bits per heavy atom. The lowest BCUT2D eigenvalue weighted by atomic mass is 9.83. The highest BCUT2D eigenvalue weighted by Crippen LogP contribution is 2.39. The lowest BCUT2D eigenvalue weighted by Crippen LogP contribution is -2.05. The summed E-state index contributed by atoms with van der Waals surface area (Å²) in [5.74, 6) is -4.32. The first-order chi connectivity index (χ1) is 19.5. The molecule has 0 aliphatic heterocycles. The number of benzene rings is 4. The van der Waals surface area contributed by atoms with Crippen molar-refractivity contribution in [3.8, 4) is 23.0 Å². The minimum absolute atomic E-state index is 0.0516. The van der Waals surface area contributed by atoms with Crippen LogP contribution in [0.3, 0.4) is 0 Å². The van der Waals surface area contributed by atoms with E-state index in [9.17, 15) is 26.3 Å². The molecular formula is C32H21F9. The smallest absolute Gasteiger partial charge is 0.251 e. The second-order valence-electron chi connectivity index (χ2n) is 10.0. The Morgan fingerprint density at radius 2 is 1.59 bits per heavy atom. The first kappa shape index (κ1) is 28.6. The molecule has 0 saturated heterocycles. The third-order valence-electron chi connectivity index (χ3n) is 7.36. The van der Waals surface area contributed by atoms with Crippen molar-refractivity contribution in [3.05, 3.63) is 94.3 Å². The molecule has 0 aromatic heterocycles. The molecule has 0 N–H and O–H groups in total. The van der Waals surface area contributed by atoms with Crippen molar-refractivity contribution in [2.45, 2.75) is 44.2 Å². The van der Waals surface area contributed by atoms with E-state index in [2.05, 4.69) is 6.08 Å². The van der Waals surface area contributed by atoms with Crippen molar-refractivity contribution in [1.82, 2.24) is 0 Å². The van der Waals surface area contributed by atoms with Crippen molar-refractivity contribution in [2.24, 2.45) is 0 Å². The van der Waals surface area contributed by atoms with Gasteiger partial charge < -0.3 is 0 Å². The Morgan fingerprint density at radius 3 is 2.27 bits per heavy atom. The van der Waals surface area contributed by atoms with E-state index in [0.717, 1.165) is 42.9 Å². The molecule has 1 atom stereocenters. The zero-order valence-electron chi connectivity index (χ0n) is 21.3. The van der Waals surface area contributed by atoms with Gasteiger partial charge in [-0.3, -0.25) is 4.39 Å². The van der Waals surface area contributed by atoms with Crippen molar-refractivity contribution >= 4 is 21.5 Å². The van der Waals surface area contributed by atoms with Gasteiger partial charge in [-0.2, -0.15) is 13.2 Å². The van der Waals surface area contributed by atoms with Gasteiger partial charge in [-0.05, 0) is 84.2 Å². The van der Waals surface area contributed by atoms with E-state index < -0.39 is 57.2 Å². The second kappa shape index (κ2) is 11.2. The van der Waals surface area contributed by atoms with Crippen molar-refractivity contribution in [3.63, 3.8) is 0 Å². The molecule has 4 aromatic carbocycles. The van der Waals surface area contributed by atoms with Crippen LogP contribution in [0.25, 0.3) is 32.7 Å². The number of alkyl halides is 4. The van der Waals surface area contributed by atoms with Crippen LogP contribution in [-0.4, -0.2) is 12.9 Å². The van der Waals surface area contributed by atoms with Gasteiger partial charge >= 0.3 is 6.18 Å². The topological polar surface area (TPSA) is 0 Å².